The normalized spacial score (nSPS) is 16.6. The van der Waals surface area contributed by atoms with Gasteiger partial charge in [0.1, 0.15) is 28.6 Å². The molecular weight excluding hydrogens is 408 g/mol. The van der Waals surface area contributed by atoms with Gasteiger partial charge in [-0.1, -0.05) is 25.5 Å². The zero-order valence-corrected chi connectivity index (χ0v) is 20.0. The van der Waals surface area contributed by atoms with Gasteiger partial charge in [-0.3, -0.25) is 4.79 Å². The number of hydrogen-bond donors (Lipinski definition) is 0. The maximum absolute atomic E-state index is 13.8. The lowest BCUT2D eigenvalue weighted by Crippen LogP contribution is -2.29. The van der Waals surface area contributed by atoms with Crippen LogP contribution in [0.2, 0.25) is 0 Å². The van der Waals surface area contributed by atoms with Crippen LogP contribution in [-0.4, -0.2) is 27.4 Å². The second-order valence-corrected chi connectivity index (χ2v) is 9.03. The Labute approximate surface area is 187 Å². The van der Waals surface area contributed by atoms with Crippen molar-refractivity contribution in [2.75, 3.05) is 21.3 Å². The van der Waals surface area contributed by atoms with Gasteiger partial charge in [0.25, 0.3) is 0 Å². The number of methoxy groups -OCH3 is 3. The van der Waals surface area contributed by atoms with E-state index < -0.39 is 0 Å². The number of fused-ring (bicyclic) bond motifs is 3. The average molecular weight is 439 g/mol. The van der Waals surface area contributed by atoms with E-state index in [9.17, 15) is 4.79 Å². The first-order valence-electron chi connectivity index (χ1n) is 10.7. The van der Waals surface area contributed by atoms with Crippen molar-refractivity contribution in [3.8, 4) is 23.0 Å². The van der Waals surface area contributed by atoms with Crippen molar-refractivity contribution >= 4 is 21.9 Å². The van der Waals surface area contributed by atoms with Gasteiger partial charge in [0, 0.05) is 22.6 Å². The van der Waals surface area contributed by atoms with E-state index in [4.69, 9.17) is 23.4 Å². The molecule has 1 aliphatic rings. The fourth-order valence-corrected chi connectivity index (χ4v) is 4.42. The van der Waals surface area contributed by atoms with Crippen LogP contribution in [0.25, 0.3) is 21.9 Å². The fourth-order valence-electron chi connectivity index (χ4n) is 4.42. The Morgan fingerprint density at radius 1 is 1.06 bits per heavy atom. The summed E-state index contributed by atoms with van der Waals surface area (Å²) in [6, 6.07) is 3.61. The highest BCUT2D eigenvalue weighted by molar-refractivity contribution is 5.98. The first kappa shape index (κ1) is 22.1. The number of hydrogen-bond acceptors (Lipinski definition) is 6. The molecule has 0 unspecified atom stereocenters. The minimum atomic E-state index is -0.317. The first-order valence-corrected chi connectivity index (χ1v) is 10.7. The van der Waals surface area contributed by atoms with Crippen LogP contribution in [0.5, 0.6) is 23.0 Å². The van der Waals surface area contributed by atoms with Crippen molar-refractivity contribution in [1.29, 1.82) is 0 Å². The Morgan fingerprint density at radius 3 is 2.31 bits per heavy atom. The number of ether oxygens (including phenoxy) is 4. The molecule has 3 aromatic rings. The second kappa shape index (κ2) is 7.76. The quantitative estimate of drug-likeness (QED) is 0.385. The molecule has 0 N–H and O–H groups in total. The number of benzene rings is 2. The van der Waals surface area contributed by atoms with E-state index in [0.29, 0.717) is 51.4 Å². The molecule has 2 aromatic carbocycles. The highest BCUT2D eigenvalue weighted by Crippen LogP contribution is 2.51. The van der Waals surface area contributed by atoms with Crippen LogP contribution in [0.4, 0.5) is 0 Å². The Hall–Kier alpha value is -3.15. The second-order valence-electron chi connectivity index (χ2n) is 9.03. The van der Waals surface area contributed by atoms with Gasteiger partial charge in [-0.15, -0.1) is 0 Å². The Balaban J connectivity index is 2.15. The van der Waals surface area contributed by atoms with Gasteiger partial charge in [0.2, 0.25) is 11.2 Å². The molecule has 0 amide bonds. The van der Waals surface area contributed by atoms with Crippen LogP contribution in [0, 0.1) is 0 Å². The lowest BCUT2D eigenvalue weighted by atomic mass is 9.80. The summed E-state index contributed by atoms with van der Waals surface area (Å²) in [4.78, 5) is 13.8. The highest BCUT2D eigenvalue weighted by Gasteiger charge is 2.43. The van der Waals surface area contributed by atoms with Gasteiger partial charge in [0.05, 0.1) is 26.7 Å². The van der Waals surface area contributed by atoms with Gasteiger partial charge in [-0.2, -0.15) is 0 Å². The molecule has 1 aliphatic heterocycles. The predicted molar refractivity (Wildman–Crippen MR) is 126 cm³/mol. The molecule has 32 heavy (non-hydrogen) atoms. The molecule has 0 saturated heterocycles. The summed E-state index contributed by atoms with van der Waals surface area (Å²) in [5, 5.41) is 0.834. The molecule has 0 fully saturated rings. The lowest BCUT2D eigenvalue weighted by Gasteiger charge is -2.24. The molecule has 4 rings (SSSR count). The predicted octanol–water partition coefficient (Wildman–Crippen LogP) is 5.54. The van der Waals surface area contributed by atoms with Crippen molar-refractivity contribution in [2.45, 2.75) is 52.6 Å². The van der Waals surface area contributed by atoms with Gasteiger partial charge < -0.3 is 23.4 Å². The number of allylic oxidation sites excluding steroid dienone is 2. The largest absolute Gasteiger partial charge is 0.495 e. The van der Waals surface area contributed by atoms with Crippen LogP contribution in [0.1, 0.15) is 45.7 Å². The fraction of sp³-hybridized carbons (Fsp3) is 0.423. The highest BCUT2D eigenvalue weighted by atomic mass is 16.5. The maximum atomic E-state index is 13.8. The zero-order valence-electron chi connectivity index (χ0n) is 20.0. The standard InChI is InChI=1S/C26H30O6/c1-13(2)9-10-15-11-16-21(27)19-17(32-23(16)25(30-8)22(15)28-6)12-18-20(24(19)29-7)26(4,5)14(3)31-18/h9,11-12,14H,10H2,1-8H3/t14-/m1/s1. The van der Waals surface area contributed by atoms with Gasteiger partial charge in [0.15, 0.2) is 11.3 Å². The third kappa shape index (κ3) is 3.12. The van der Waals surface area contributed by atoms with E-state index in [0.717, 1.165) is 11.1 Å². The summed E-state index contributed by atoms with van der Waals surface area (Å²) in [5.74, 6) is 2.12. The summed E-state index contributed by atoms with van der Waals surface area (Å²) in [7, 11) is 4.71. The smallest absolute Gasteiger partial charge is 0.205 e. The van der Waals surface area contributed by atoms with Gasteiger partial charge in [-0.05, 0) is 33.3 Å². The molecule has 1 aromatic heterocycles. The van der Waals surface area contributed by atoms with Crippen LogP contribution in [-0.2, 0) is 11.8 Å². The van der Waals surface area contributed by atoms with Crippen LogP contribution in [0.3, 0.4) is 0 Å². The van der Waals surface area contributed by atoms with Crippen molar-refractivity contribution < 1.29 is 23.4 Å². The molecule has 2 heterocycles. The molecular formula is C26H30O6. The van der Waals surface area contributed by atoms with Gasteiger partial charge in [-0.25, -0.2) is 0 Å². The summed E-state index contributed by atoms with van der Waals surface area (Å²) in [5.41, 5.74) is 3.15. The molecule has 0 radical (unpaired) electrons. The number of rotatable bonds is 5. The monoisotopic (exact) mass is 438 g/mol. The third-order valence-corrected chi connectivity index (χ3v) is 6.47. The molecule has 0 spiro atoms. The van der Waals surface area contributed by atoms with E-state index in [1.807, 2.05) is 26.8 Å². The SMILES string of the molecule is COc1c(CC=C(C)C)cc2c(=O)c3c(OC)c4c(cc3oc2c1OC)O[C@H](C)C4(C)C. The molecule has 1 atom stereocenters. The average Bonchev–Trinajstić information content (AvgIpc) is 2.98. The van der Waals surface area contributed by atoms with E-state index in [1.54, 1.807) is 27.4 Å². The summed E-state index contributed by atoms with van der Waals surface area (Å²) in [6.07, 6.45) is 2.62. The lowest BCUT2D eigenvalue weighted by molar-refractivity contribution is 0.185. The van der Waals surface area contributed by atoms with Crippen LogP contribution >= 0.6 is 0 Å². The molecule has 0 aliphatic carbocycles. The van der Waals surface area contributed by atoms with Crippen molar-refractivity contribution in [2.24, 2.45) is 0 Å². The summed E-state index contributed by atoms with van der Waals surface area (Å²) < 4.78 is 29.5. The molecule has 6 nitrogen and oxygen atoms in total. The third-order valence-electron chi connectivity index (χ3n) is 6.47. The first-order chi connectivity index (χ1) is 15.1. The van der Waals surface area contributed by atoms with Crippen LogP contribution in [0.15, 0.2) is 33.0 Å². The van der Waals surface area contributed by atoms with Crippen molar-refractivity contribution in [3.63, 3.8) is 0 Å². The maximum Gasteiger partial charge on any atom is 0.205 e. The molecule has 0 saturated carbocycles. The van der Waals surface area contributed by atoms with E-state index in [1.165, 1.54) is 5.57 Å². The Kier molecular flexibility index (Phi) is 5.35. The molecule has 6 heteroatoms. The van der Waals surface area contributed by atoms with Crippen molar-refractivity contribution in [1.82, 2.24) is 0 Å². The topological polar surface area (TPSA) is 67.1 Å². The zero-order chi connectivity index (χ0) is 23.4. The summed E-state index contributed by atoms with van der Waals surface area (Å²) in [6.45, 7) is 10.3. The minimum absolute atomic E-state index is 0.0713. The Bertz CT molecular complexity index is 1310. The molecule has 170 valence electrons. The molecule has 0 bridgehead atoms. The van der Waals surface area contributed by atoms with E-state index >= 15 is 0 Å². The van der Waals surface area contributed by atoms with Crippen LogP contribution < -0.4 is 24.4 Å². The van der Waals surface area contributed by atoms with Crippen molar-refractivity contribution in [3.05, 3.63) is 45.1 Å². The van der Waals surface area contributed by atoms with Gasteiger partial charge >= 0.3 is 0 Å². The van der Waals surface area contributed by atoms with E-state index in [-0.39, 0.29) is 16.9 Å². The van der Waals surface area contributed by atoms with E-state index in [2.05, 4.69) is 19.9 Å². The summed E-state index contributed by atoms with van der Waals surface area (Å²) >= 11 is 0. The minimum Gasteiger partial charge on any atom is -0.495 e. The Morgan fingerprint density at radius 2 is 1.72 bits per heavy atom.